The van der Waals surface area contributed by atoms with Crippen LogP contribution in [0.5, 0.6) is 11.5 Å². The summed E-state index contributed by atoms with van der Waals surface area (Å²) >= 11 is 0. The van der Waals surface area contributed by atoms with Crippen LogP contribution < -0.4 is 5.32 Å². The van der Waals surface area contributed by atoms with E-state index in [1.165, 1.54) is 31.0 Å². The summed E-state index contributed by atoms with van der Waals surface area (Å²) in [6, 6.07) is 3.95. The molecule has 1 amide bonds. The molecule has 3 N–H and O–H groups in total. The van der Waals surface area contributed by atoms with Gasteiger partial charge in [0.2, 0.25) is 0 Å². The zero-order valence-corrected chi connectivity index (χ0v) is 12.0. The topological polar surface area (TPSA) is 72.8 Å². The van der Waals surface area contributed by atoms with Gasteiger partial charge in [-0.2, -0.15) is 0 Å². The van der Waals surface area contributed by atoms with Crippen LogP contribution in [0.1, 0.15) is 36.0 Å². The molecule has 1 aliphatic rings. The summed E-state index contributed by atoms with van der Waals surface area (Å²) in [6.07, 6.45) is 4.47. The monoisotopic (exact) mass is 278 g/mol. The van der Waals surface area contributed by atoms with Crippen LogP contribution >= 0.6 is 0 Å². The Morgan fingerprint density at radius 2 is 1.95 bits per heavy atom. The minimum atomic E-state index is -0.355. The van der Waals surface area contributed by atoms with Crippen molar-refractivity contribution in [2.24, 2.45) is 0 Å². The number of hydrogen-bond donors (Lipinski definition) is 3. The van der Waals surface area contributed by atoms with E-state index in [4.69, 9.17) is 0 Å². The normalized spacial score (nSPS) is 17.4. The maximum Gasteiger partial charge on any atom is 0.255 e. The van der Waals surface area contributed by atoms with Crippen LogP contribution in [-0.2, 0) is 0 Å². The Bertz CT molecular complexity index is 494. The molecule has 0 saturated heterocycles. The van der Waals surface area contributed by atoms with Crippen LogP contribution in [0.4, 0.5) is 0 Å². The van der Waals surface area contributed by atoms with E-state index in [0.29, 0.717) is 6.54 Å². The number of hydrogen-bond acceptors (Lipinski definition) is 4. The van der Waals surface area contributed by atoms with E-state index in [9.17, 15) is 15.0 Å². The number of nitrogens with zero attached hydrogens (tertiary/aromatic N) is 1. The summed E-state index contributed by atoms with van der Waals surface area (Å²) in [4.78, 5) is 14.3. The lowest BCUT2D eigenvalue weighted by Crippen LogP contribution is -2.50. The van der Waals surface area contributed by atoms with Gasteiger partial charge in [-0.25, -0.2) is 0 Å². The Balaban J connectivity index is 2.06. The second kappa shape index (κ2) is 5.71. The van der Waals surface area contributed by atoms with Crippen molar-refractivity contribution in [3.05, 3.63) is 23.8 Å². The van der Waals surface area contributed by atoms with Crippen LogP contribution in [0.15, 0.2) is 18.2 Å². The molecule has 5 heteroatoms. The fourth-order valence-electron chi connectivity index (χ4n) is 2.86. The lowest BCUT2D eigenvalue weighted by molar-refractivity contribution is 0.0897. The van der Waals surface area contributed by atoms with Crippen LogP contribution in [0.25, 0.3) is 0 Å². The average Bonchev–Trinajstić information content (AvgIpc) is 2.89. The standard InChI is InChI=1S/C15H22N2O3/c1-17(2)15(7-3-4-8-15)10-16-14(20)12-9-11(18)5-6-13(12)19/h5-6,9,18-19H,3-4,7-8,10H2,1-2H3,(H,16,20). The summed E-state index contributed by atoms with van der Waals surface area (Å²) in [7, 11) is 4.06. The number of carbonyl (C=O) groups is 1. The predicted molar refractivity (Wildman–Crippen MR) is 77.0 cm³/mol. The van der Waals surface area contributed by atoms with E-state index in [1.54, 1.807) is 0 Å². The summed E-state index contributed by atoms with van der Waals surface area (Å²) in [6.45, 7) is 0.550. The van der Waals surface area contributed by atoms with Gasteiger partial charge in [-0.3, -0.25) is 4.79 Å². The second-order valence-corrected chi connectivity index (χ2v) is 5.71. The SMILES string of the molecule is CN(C)C1(CNC(=O)c2cc(O)ccc2O)CCCC1. The van der Waals surface area contributed by atoms with Gasteiger partial charge in [-0.15, -0.1) is 0 Å². The molecule has 1 aliphatic carbocycles. The van der Waals surface area contributed by atoms with Gasteiger partial charge in [0.15, 0.2) is 0 Å². The number of aromatic hydroxyl groups is 2. The van der Waals surface area contributed by atoms with Gasteiger partial charge < -0.3 is 20.4 Å². The molecule has 0 aliphatic heterocycles. The average molecular weight is 278 g/mol. The zero-order valence-electron chi connectivity index (χ0n) is 12.0. The molecule has 20 heavy (non-hydrogen) atoms. The van der Waals surface area contributed by atoms with E-state index in [2.05, 4.69) is 10.2 Å². The van der Waals surface area contributed by atoms with Gasteiger partial charge in [0.05, 0.1) is 5.56 Å². The van der Waals surface area contributed by atoms with Crippen molar-refractivity contribution in [1.82, 2.24) is 10.2 Å². The van der Waals surface area contributed by atoms with E-state index in [1.807, 2.05) is 14.1 Å². The van der Waals surface area contributed by atoms with Gasteiger partial charge in [-0.05, 0) is 45.1 Å². The number of amides is 1. The molecular formula is C15H22N2O3. The van der Waals surface area contributed by atoms with Gasteiger partial charge in [-0.1, -0.05) is 12.8 Å². The molecule has 0 unspecified atom stereocenters. The zero-order chi connectivity index (χ0) is 14.8. The molecule has 0 aromatic heterocycles. The van der Waals surface area contributed by atoms with E-state index < -0.39 is 0 Å². The fourth-order valence-corrected chi connectivity index (χ4v) is 2.86. The van der Waals surface area contributed by atoms with Crippen molar-refractivity contribution < 1.29 is 15.0 Å². The Labute approximate surface area is 119 Å². The van der Waals surface area contributed by atoms with Crippen LogP contribution in [0.3, 0.4) is 0 Å². The second-order valence-electron chi connectivity index (χ2n) is 5.71. The summed E-state index contributed by atoms with van der Waals surface area (Å²) in [5, 5.41) is 22.0. The fraction of sp³-hybridized carbons (Fsp3) is 0.533. The molecule has 1 aromatic rings. The predicted octanol–water partition coefficient (Wildman–Crippen LogP) is 1.70. The molecule has 0 radical (unpaired) electrons. The Kier molecular flexibility index (Phi) is 4.18. The summed E-state index contributed by atoms with van der Waals surface area (Å²) in [5.74, 6) is -0.506. The quantitative estimate of drug-likeness (QED) is 0.733. The van der Waals surface area contributed by atoms with E-state index in [0.717, 1.165) is 12.8 Å². The van der Waals surface area contributed by atoms with Gasteiger partial charge in [0.1, 0.15) is 11.5 Å². The highest BCUT2D eigenvalue weighted by atomic mass is 16.3. The molecule has 0 bridgehead atoms. The first-order valence-electron chi connectivity index (χ1n) is 6.92. The van der Waals surface area contributed by atoms with Crippen molar-refractivity contribution in [3.63, 3.8) is 0 Å². The largest absolute Gasteiger partial charge is 0.508 e. The molecule has 0 heterocycles. The first kappa shape index (κ1) is 14.7. The number of phenolic OH excluding ortho intramolecular Hbond substituents is 2. The molecule has 2 rings (SSSR count). The minimum Gasteiger partial charge on any atom is -0.508 e. The number of nitrogens with one attached hydrogen (secondary N) is 1. The molecule has 0 spiro atoms. The number of phenols is 2. The maximum atomic E-state index is 12.1. The van der Waals surface area contributed by atoms with Crippen molar-refractivity contribution in [2.75, 3.05) is 20.6 Å². The highest BCUT2D eigenvalue weighted by molar-refractivity contribution is 5.97. The third-order valence-corrected chi connectivity index (χ3v) is 4.29. The van der Waals surface area contributed by atoms with Crippen LogP contribution in [-0.4, -0.2) is 47.2 Å². The molecule has 1 saturated carbocycles. The third kappa shape index (κ3) is 2.88. The van der Waals surface area contributed by atoms with Crippen LogP contribution in [0.2, 0.25) is 0 Å². The van der Waals surface area contributed by atoms with Crippen molar-refractivity contribution in [3.8, 4) is 11.5 Å². The lowest BCUT2D eigenvalue weighted by Gasteiger charge is -2.36. The third-order valence-electron chi connectivity index (χ3n) is 4.29. The van der Waals surface area contributed by atoms with Crippen molar-refractivity contribution in [1.29, 1.82) is 0 Å². The number of carbonyl (C=O) groups excluding carboxylic acids is 1. The number of benzene rings is 1. The van der Waals surface area contributed by atoms with Gasteiger partial charge >= 0.3 is 0 Å². The molecular weight excluding hydrogens is 256 g/mol. The minimum absolute atomic E-state index is 0.00209. The summed E-state index contributed by atoms with van der Waals surface area (Å²) in [5.41, 5.74) is 0.110. The van der Waals surface area contributed by atoms with Crippen molar-refractivity contribution in [2.45, 2.75) is 31.2 Å². The number of likely N-dealkylation sites (N-methyl/N-ethyl adjacent to an activating group) is 1. The highest BCUT2D eigenvalue weighted by Crippen LogP contribution is 2.33. The Hall–Kier alpha value is -1.75. The molecule has 1 fully saturated rings. The lowest BCUT2D eigenvalue weighted by atomic mass is 9.96. The molecule has 1 aromatic carbocycles. The smallest absolute Gasteiger partial charge is 0.255 e. The first-order valence-corrected chi connectivity index (χ1v) is 6.92. The van der Waals surface area contributed by atoms with E-state index in [-0.39, 0.29) is 28.5 Å². The molecule has 110 valence electrons. The van der Waals surface area contributed by atoms with E-state index >= 15 is 0 Å². The Morgan fingerprint density at radius 3 is 2.55 bits per heavy atom. The maximum absolute atomic E-state index is 12.1. The summed E-state index contributed by atoms with van der Waals surface area (Å²) < 4.78 is 0. The van der Waals surface area contributed by atoms with Crippen LogP contribution in [0, 0.1) is 0 Å². The number of rotatable bonds is 4. The van der Waals surface area contributed by atoms with Gasteiger partial charge in [0, 0.05) is 12.1 Å². The Morgan fingerprint density at radius 1 is 1.30 bits per heavy atom. The first-order chi connectivity index (χ1) is 9.44. The van der Waals surface area contributed by atoms with Gasteiger partial charge in [0.25, 0.3) is 5.91 Å². The highest BCUT2D eigenvalue weighted by Gasteiger charge is 2.36. The molecule has 5 nitrogen and oxygen atoms in total. The van der Waals surface area contributed by atoms with Crippen molar-refractivity contribution >= 4 is 5.91 Å². The molecule has 0 atom stereocenters.